The van der Waals surface area contributed by atoms with Crippen LogP contribution in [0.4, 0.5) is 4.39 Å². The van der Waals surface area contributed by atoms with Gasteiger partial charge in [-0.3, -0.25) is 0 Å². The summed E-state index contributed by atoms with van der Waals surface area (Å²) < 4.78 is 17.7. The molecule has 0 fully saturated rings. The zero-order valence-corrected chi connectivity index (χ0v) is 9.79. The van der Waals surface area contributed by atoms with Gasteiger partial charge in [-0.25, -0.2) is 4.39 Å². The summed E-state index contributed by atoms with van der Waals surface area (Å²) in [6, 6.07) is 6.65. The minimum atomic E-state index is -0.188. The second kappa shape index (κ2) is 7.36. The maximum absolute atomic E-state index is 12.7. The molecule has 0 aromatic heterocycles. The Morgan fingerprint density at radius 1 is 1.31 bits per heavy atom. The molecular weight excluding hydrogens is 205 g/mol. The number of methoxy groups -OCH3 is 1. The van der Waals surface area contributed by atoms with Gasteiger partial charge in [0.1, 0.15) is 5.82 Å². The highest BCUT2D eigenvalue weighted by molar-refractivity contribution is 5.16. The largest absolute Gasteiger partial charge is 0.385 e. The summed E-state index contributed by atoms with van der Waals surface area (Å²) in [7, 11) is 1.71. The third kappa shape index (κ3) is 4.73. The Morgan fingerprint density at radius 2 is 2.00 bits per heavy atom. The first kappa shape index (κ1) is 13.1. The number of benzene rings is 1. The molecule has 0 aliphatic carbocycles. The van der Waals surface area contributed by atoms with Gasteiger partial charge < -0.3 is 10.5 Å². The third-order valence-electron chi connectivity index (χ3n) is 2.73. The minimum absolute atomic E-state index is 0.188. The van der Waals surface area contributed by atoms with Crippen molar-refractivity contribution < 1.29 is 9.13 Å². The molecule has 0 amide bonds. The Bertz CT molecular complexity index is 286. The topological polar surface area (TPSA) is 35.2 Å². The SMILES string of the molecule is COCCCC(CN)Cc1ccc(F)cc1. The second-order valence-corrected chi connectivity index (χ2v) is 4.07. The van der Waals surface area contributed by atoms with Crippen molar-refractivity contribution in [1.29, 1.82) is 0 Å². The predicted octanol–water partition coefficient (Wildman–Crippen LogP) is 2.37. The van der Waals surface area contributed by atoms with Crippen LogP contribution in [0.3, 0.4) is 0 Å². The molecule has 0 aliphatic heterocycles. The van der Waals surface area contributed by atoms with Crippen LogP contribution >= 0.6 is 0 Å². The Balaban J connectivity index is 2.40. The van der Waals surface area contributed by atoms with Crippen molar-refractivity contribution in [2.24, 2.45) is 11.7 Å². The number of nitrogens with two attached hydrogens (primary N) is 1. The van der Waals surface area contributed by atoms with E-state index in [0.29, 0.717) is 12.5 Å². The van der Waals surface area contributed by atoms with E-state index in [1.54, 1.807) is 7.11 Å². The molecule has 1 aromatic carbocycles. The van der Waals surface area contributed by atoms with Crippen molar-refractivity contribution >= 4 is 0 Å². The van der Waals surface area contributed by atoms with E-state index in [2.05, 4.69) is 0 Å². The molecule has 0 saturated carbocycles. The van der Waals surface area contributed by atoms with Crippen LogP contribution in [0, 0.1) is 11.7 Å². The summed E-state index contributed by atoms with van der Waals surface area (Å²) in [5.74, 6) is 0.271. The Labute approximate surface area is 96.6 Å². The molecule has 0 aliphatic rings. The zero-order chi connectivity index (χ0) is 11.8. The maximum atomic E-state index is 12.7. The molecule has 16 heavy (non-hydrogen) atoms. The molecule has 0 saturated heterocycles. The van der Waals surface area contributed by atoms with Gasteiger partial charge in [-0.15, -0.1) is 0 Å². The molecule has 1 aromatic rings. The summed E-state index contributed by atoms with van der Waals surface area (Å²) >= 11 is 0. The summed E-state index contributed by atoms with van der Waals surface area (Å²) in [6.45, 7) is 1.45. The zero-order valence-electron chi connectivity index (χ0n) is 9.79. The van der Waals surface area contributed by atoms with Gasteiger partial charge in [0.2, 0.25) is 0 Å². The van der Waals surface area contributed by atoms with Crippen LogP contribution in [-0.2, 0) is 11.2 Å². The van der Waals surface area contributed by atoms with E-state index in [-0.39, 0.29) is 5.82 Å². The van der Waals surface area contributed by atoms with E-state index in [0.717, 1.165) is 31.4 Å². The minimum Gasteiger partial charge on any atom is -0.385 e. The molecule has 0 radical (unpaired) electrons. The van der Waals surface area contributed by atoms with Crippen LogP contribution < -0.4 is 5.73 Å². The molecule has 0 spiro atoms. The van der Waals surface area contributed by atoms with Crippen LogP contribution in [0.5, 0.6) is 0 Å². The van der Waals surface area contributed by atoms with Gasteiger partial charge in [0.25, 0.3) is 0 Å². The van der Waals surface area contributed by atoms with E-state index in [4.69, 9.17) is 10.5 Å². The molecule has 1 rings (SSSR count). The van der Waals surface area contributed by atoms with Crippen LogP contribution in [0.15, 0.2) is 24.3 Å². The van der Waals surface area contributed by atoms with Gasteiger partial charge in [-0.05, 0) is 49.4 Å². The Kier molecular flexibility index (Phi) is 6.04. The van der Waals surface area contributed by atoms with Gasteiger partial charge in [-0.2, -0.15) is 0 Å². The molecule has 1 unspecified atom stereocenters. The average Bonchev–Trinajstić information content (AvgIpc) is 2.31. The number of halogens is 1. The number of ether oxygens (including phenoxy) is 1. The molecule has 2 N–H and O–H groups in total. The lowest BCUT2D eigenvalue weighted by Crippen LogP contribution is -2.17. The Morgan fingerprint density at radius 3 is 2.56 bits per heavy atom. The molecular formula is C13H20FNO. The summed E-state index contributed by atoms with van der Waals surface area (Å²) in [5, 5.41) is 0. The standard InChI is InChI=1S/C13H20FNO/c1-16-8-2-3-12(10-15)9-11-4-6-13(14)7-5-11/h4-7,12H,2-3,8-10,15H2,1H3. The maximum Gasteiger partial charge on any atom is 0.123 e. The van der Waals surface area contributed by atoms with E-state index in [1.165, 1.54) is 12.1 Å². The Hall–Kier alpha value is -0.930. The van der Waals surface area contributed by atoms with E-state index >= 15 is 0 Å². The van der Waals surface area contributed by atoms with Gasteiger partial charge in [0.15, 0.2) is 0 Å². The number of hydrogen-bond acceptors (Lipinski definition) is 2. The molecule has 0 heterocycles. The van der Waals surface area contributed by atoms with Crippen LogP contribution in [0.25, 0.3) is 0 Å². The lowest BCUT2D eigenvalue weighted by atomic mass is 9.95. The summed E-state index contributed by atoms with van der Waals surface area (Å²) in [5.41, 5.74) is 6.87. The van der Waals surface area contributed by atoms with Crippen LogP contribution in [-0.4, -0.2) is 20.3 Å². The highest BCUT2D eigenvalue weighted by Gasteiger charge is 2.07. The monoisotopic (exact) mass is 225 g/mol. The highest BCUT2D eigenvalue weighted by Crippen LogP contribution is 2.13. The fraction of sp³-hybridized carbons (Fsp3) is 0.538. The fourth-order valence-corrected chi connectivity index (χ4v) is 1.77. The lowest BCUT2D eigenvalue weighted by molar-refractivity contribution is 0.187. The van der Waals surface area contributed by atoms with Crippen molar-refractivity contribution in [1.82, 2.24) is 0 Å². The van der Waals surface area contributed by atoms with Crippen LogP contribution in [0.1, 0.15) is 18.4 Å². The summed E-state index contributed by atoms with van der Waals surface area (Å²) in [4.78, 5) is 0. The molecule has 3 heteroatoms. The average molecular weight is 225 g/mol. The van der Waals surface area contributed by atoms with E-state index in [9.17, 15) is 4.39 Å². The molecule has 0 bridgehead atoms. The summed E-state index contributed by atoms with van der Waals surface area (Å²) in [6.07, 6.45) is 3.00. The van der Waals surface area contributed by atoms with Gasteiger partial charge in [-0.1, -0.05) is 12.1 Å². The van der Waals surface area contributed by atoms with Gasteiger partial charge in [0, 0.05) is 13.7 Å². The van der Waals surface area contributed by atoms with E-state index in [1.807, 2.05) is 12.1 Å². The molecule has 90 valence electrons. The van der Waals surface area contributed by atoms with Crippen molar-refractivity contribution in [3.8, 4) is 0 Å². The van der Waals surface area contributed by atoms with Crippen molar-refractivity contribution in [3.05, 3.63) is 35.6 Å². The lowest BCUT2D eigenvalue weighted by Gasteiger charge is -2.14. The molecule has 1 atom stereocenters. The van der Waals surface area contributed by atoms with Gasteiger partial charge >= 0.3 is 0 Å². The first-order chi connectivity index (χ1) is 7.76. The van der Waals surface area contributed by atoms with Crippen molar-refractivity contribution in [2.45, 2.75) is 19.3 Å². The van der Waals surface area contributed by atoms with Gasteiger partial charge in [0.05, 0.1) is 0 Å². The second-order valence-electron chi connectivity index (χ2n) is 4.07. The third-order valence-corrected chi connectivity index (χ3v) is 2.73. The first-order valence-corrected chi connectivity index (χ1v) is 5.69. The quantitative estimate of drug-likeness (QED) is 0.723. The predicted molar refractivity (Wildman–Crippen MR) is 63.8 cm³/mol. The van der Waals surface area contributed by atoms with Crippen LogP contribution in [0.2, 0.25) is 0 Å². The van der Waals surface area contributed by atoms with E-state index < -0.39 is 0 Å². The van der Waals surface area contributed by atoms with Crippen molar-refractivity contribution in [2.75, 3.05) is 20.3 Å². The highest BCUT2D eigenvalue weighted by atomic mass is 19.1. The fourth-order valence-electron chi connectivity index (χ4n) is 1.77. The molecule has 2 nitrogen and oxygen atoms in total. The number of rotatable bonds is 7. The number of hydrogen-bond donors (Lipinski definition) is 1. The van der Waals surface area contributed by atoms with Crippen molar-refractivity contribution in [3.63, 3.8) is 0 Å². The smallest absolute Gasteiger partial charge is 0.123 e. The first-order valence-electron chi connectivity index (χ1n) is 5.69. The normalized spacial score (nSPS) is 12.7.